The van der Waals surface area contributed by atoms with E-state index in [-0.39, 0.29) is 0 Å². The molecule has 6 heteroatoms. The smallest absolute Gasteiger partial charge is 0.188 e. The lowest BCUT2D eigenvalue weighted by Crippen LogP contribution is -1.92. The van der Waals surface area contributed by atoms with Gasteiger partial charge in [-0.2, -0.15) is 5.10 Å². The summed E-state index contributed by atoms with van der Waals surface area (Å²) in [5.74, 6) is 0. The second-order valence-corrected chi connectivity index (χ2v) is 5.79. The number of nitrogens with zero attached hydrogens (tertiary/aromatic N) is 3. The van der Waals surface area contributed by atoms with E-state index in [4.69, 9.17) is 0 Å². The van der Waals surface area contributed by atoms with Crippen molar-refractivity contribution in [3.05, 3.63) is 35.1 Å². The van der Waals surface area contributed by atoms with Crippen molar-refractivity contribution in [2.24, 2.45) is 0 Å². The van der Waals surface area contributed by atoms with Gasteiger partial charge in [0.05, 0.1) is 22.1 Å². The lowest BCUT2D eigenvalue weighted by Gasteiger charge is -1.95. The first-order chi connectivity index (χ1) is 8.74. The van der Waals surface area contributed by atoms with Crippen molar-refractivity contribution in [3.8, 4) is 0 Å². The molecule has 18 heavy (non-hydrogen) atoms. The summed E-state index contributed by atoms with van der Waals surface area (Å²) in [5, 5.41) is 8.39. The third-order valence-electron chi connectivity index (χ3n) is 2.56. The number of hydrogen-bond donors (Lipinski definition) is 1. The molecule has 0 bridgehead atoms. The summed E-state index contributed by atoms with van der Waals surface area (Å²) in [7, 11) is 0. The minimum Gasteiger partial charge on any atom is -0.329 e. The van der Waals surface area contributed by atoms with E-state index in [1.165, 1.54) is 4.70 Å². The quantitative estimate of drug-likeness (QED) is 0.792. The van der Waals surface area contributed by atoms with E-state index in [1.54, 1.807) is 11.3 Å². The Morgan fingerprint density at radius 1 is 1.44 bits per heavy atom. The zero-order valence-electron chi connectivity index (χ0n) is 9.72. The molecule has 0 fully saturated rings. The first-order valence-corrected chi connectivity index (χ1v) is 7.21. The highest BCUT2D eigenvalue weighted by atomic mass is 79.9. The van der Waals surface area contributed by atoms with E-state index >= 15 is 0 Å². The fraction of sp³-hybridized carbons (Fsp3) is 0.167. The predicted molar refractivity (Wildman–Crippen MR) is 78.5 cm³/mol. The molecule has 3 aromatic rings. The van der Waals surface area contributed by atoms with E-state index < -0.39 is 0 Å². The molecule has 1 aromatic carbocycles. The van der Waals surface area contributed by atoms with Crippen LogP contribution in [0.4, 0.5) is 10.8 Å². The van der Waals surface area contributed by atoms with Gasteiger partial charge >= 0.3 is 0 Å². The number of hydrogen-bond acceptors (Lipinski definition) is 4. The zero-order chi connectivity index (χ0) is 12.5. The average molecular weight is 323 g/mol. The van der Waals surface area contributed by atoms with Crippen molar-refractivity contribution in [1.82, 2.24) is 14.8 Å². The predicted octanol–water partition coefficient (Wildman–Crippen LogP) is 4.02. The third-order valence-corrected chi connectivity index (χ3v) is 4.00. The maximum atomic E-state index is 4.54. The number of nitrogens with one attached hydrogen (secondary N) is 1. The molecule has 0 saturated heterocycles. The third kappa shape index (κ3) is 2.26. The molecule has 0 saturated carbocycles. The first kappa shape index (κ1) is 11.7. The Hall–Kier alpha value is -1.40. The first-order valence-electron chi connectivity index (χ1n) is 5.60. The van der Waals surface area contributed by atoms with Gasteiger partial charge in [-0.25, -0.2) is 4.98 Å². The Kier molecular flexibility index (Phi) is 3.05. The summed E-state index contributed by atoms with van der Waals surface area (Å²) in [5.41, 5.74) is 1.97. The van der Waals surface area contributed by atoms with Crippen LogP contribution in [0, 0.1) is 0 Å². The van der Waals surface area contributed by atoms with Crippen molar-refractivity contribution < 1.29 is 0 Å². The molecular formula is C12H11BrN4S. The van der Waals surface area contributed by atoms with Gasteiger partial charge in [-0.15, -0.1) is 0 Å². The minimum absolute atomic E-state index is 0.870. The van der Waals surface area contributed by atoms with Crippen LogP contribution in [0.2, 0.25) is 0 Å². The number of anilines is 2. The van der Waals surface area contributed by atoms with E-state index in [0.717, 1.165) is 27.4 Å². The van der Waals surface area contributed by atoms with Crippen LogP contribution in [0.15, 0.2) is 35.1 Å². The molecule has 2 heterocycles. The van der Waals surface area contributed by atoms with Gasteiger partial charge in [-0.1, -0.05) is 27.3 Å². The van der Waals surface area contributed by atoms with Crippen LogP contribution in [-0.4, -0.2) is 14.8 Å². The maximum Gasteiger partial charge on any atom is 0.188 e. The maximum absolute atomic E-state index is 4.54. The minimum atomic E-state index is 0.870. The topological polar surface area (TPSA) is 42.7 Å². The molecule has 0 aliphatic carbocycles. The van der Waals surface area contributed by atoms with Gasteiger partial charge in [0.15, 0.2) is 5.13 Å². The molecule has 2 aromatic heterocycles. The van der Waals surface area contributed by atoms with Crippen molar-refractivity contribution >= 4 is 48.3 Å². The molecule has 0 unspecified atom stereocenters. The zero-order valence-corrected chi connectivity index (χ0v) is 12.1. The van der Waals surface area contributed by atoms with Gasteiger partial charge in [0.2, 0.25) is 0 Å². The number of halogens is 1. The van der Waals surface area contributed by atoms with Crippen molar-refractivity contribution in [2.45, 2.75) is 13.5 Å². The Balaban J connectivity index is 1.90. The van der Waals surface area contributed by atoms with Gasteiger partial charge in [0.25, 0.3) is 0 Å². The van der Waals surface area contributed by atoms with Crippen LogP contribution in [0.25, 0.3) is 10.2 Å². The average Bonchev–Trinajstić information content (AvgIpc) is 2.95. The van der Waals surface area contributed by atoms with Gasteiger partial charge in [0.1, 0.15) is 0 Å². The van der Waals surface area contributed by atoms with Crippen molar-refractivity contribution in [1.29, 1.82) is 0 Å². The van der Waals surface area contributed by atoms with E-state index in [1.807, 2.05) is 29.2 Å². The number of aryl methyl sites for hydroxylation is 1. The van der Waals surface area contributed by atoms with Crippen molar-refractivity contribution in [2.75, 3.05) is 5.32 Å². The van der Waals surface area contributed by atoms with Crippen LogP contribution >= 0.6 is 27.3 Å². The van der Waals surface area contributed by atoms with E-state index in [2.05, 4.69) is 44.3 Å². The number of fused-ring (bicyclic) bond motifs is 1. The fourth-order valence-corrected chi connectivity index (χ4v) is 2.89. The van der Waals surface area contributed by atoms with Gasteiger partial charge in [-0.05, 0) is 25.1 Å². The number of benzene rings is 1. The van der Waals surface area contributed by atoms with Crippen LogP contribution in [0.1, 0.15) is 6.92 Å². The largest absolute Gasteiger partial charge is 0.329 e. The fourth-order valence-electron chi connectivity index (χ4n) is 1.68. The van der Waals surface area contributed by atoms with Crippen LogP contribution in [-0.2, 0) is 6.54 Å². The van der Waals surface area contributed by atoms with Crippen LogP contribution in [0.3, 0.4) is 0 Å². The highest BCUT2D eigenvalue weighted by Gasteiger charge is 2.05. The molecule has 0 atom stereocenters. The van der Waals surface area contributed by atoms with E-state index in [0.29, 0.717) is 0 Å². The second kappa shape index (κ2) is 4.70. The molecular weight excluding hydrogens is 312 g/mol. The summed E-state index contributed by atoms with van der Waals surface area (Å²) in [6.45, 7) is 2.93. The summed E-state index contributed by atoms with van der Waals surface area (Å²) in [6, 6.07) is 6.11. The van der Waals surface area contributed by atoms with Crippen LogP contribution in [0.5, 0.6) is 0 Å². The Labute approximate surface area is 117 Å². The van der Waals surface area contributed by atoms with E-state index in [9.17, 15) is 0 Å². The Morgan fingerprint density at radius 2 is 2.33 bits per heavy atom. The molecule has 0 spiro atoms. The summed E-state index contributed by atoms with van der Waals surface area (Å²) in [4.78, 5) is 4.54. The molecule has 0 radical (unpaired) electrons. The molecule has 4 nitrogen and oxygen atoms in total. The van der Waals surface area contributed by atoms with Crippen molar-refractivity contribution in [3.63, 3.8) is 0 Å². The Bertz CT molecular complexity index is 688. The number of aromatic nitrogens is 3. The summed E-state index contributed by atoms with van der Waals surface area (Å²) < 4.78 is 4.10. The van der Waals surface area contributed by atoms with Crippen LogP contribution < -0.4 is 5.32 Å². The molecule has 0 aliphatic heterocycles. The summed E-state index contributed by atoms with van der Waals surface area (Å²) >= 11 is 5.09. The summed E-state index contributed by atoms with van der Waals surface area (Å²) in [6.07, 6.45) is 3.79. The molecule has 92 valence electrons. The van der Waals surface area contributed by atoms with Gasteiger partial charge in [-0.3, -0.25) is 4.68 Å². The molecule has 3 rings (SSSR count). The number of thiazole rings is 1. The lowest BCUT2D eigenvalue weighted by molar-refractivity contribution is 0.660. The highest BCUT2D eigenvalue weighted by molar-refractivity contribution is 9.10. The Morgan fingerprint density at radius 3 is 3.11 bits per heavy atom. The SMILES string of the molecule is CCn1cc(Nc2nc3cc(Br)ccc3s2)cn1. The highest BCUT2D eigenvalue weighted by Crippen LogP contribution is 2.29. The standard InChI is InChI=1S/C12H11BrN4S/c1-2-17-7-9(6-14-17)15-12-16-10-5-8(13)3-4-11(10)18-12/h3-7H,2H2,1H3,(H,15,16). The normalized spacial score (nSPS) is 11.0. The lowest BCUT2D eigenvalue weighted by atomic mass is 10.3. The van der Waals surface area contributed by atoms with Gasteiger partial charge in [0, 0.05) is 17.2 Å². The molecule has 0 aliphatic rings. The number of rotatable bonds is 3. The monoisotopic (exact) mass is 322 g/mol. The van der Waals surface area contributed by atoms with Gasteiger partial charge < -0.3 is 5.32 Å². The molecule has 0 amide bonds. The second-order valence-electron chi connectivity index (χ2n) is 3.84. The molecule has 1 N–H and O–H groups in total.